The van der Waals surface area contributed by atoms with Crippen LogP contribution in [-0.2, 0) is 4.74 Å². The summed E-state index contributed by atoms with van der Waals surface area (Å²) in [6.45, 7) is 0.644. The largest absolute Gasteiger partial charge is 0.444 e. The van der Waals surface area contributed by atoms with Crippen LogP contribution in [0.2, 0.25) is 0 Å². The van der Waals surface area contributed by atoms with Crippen molar-refractivity contribution in [2.24, 2.45) is 0 Å². The molecule has 1 aliphatic carbocycles. The third kappa shape index (κ3) is 3.74. The van der Waals surface area contributed by atoms with Crippen LogP contribution in [-0.4, -0.2) is 50.8 Å². The van der Waals surface area contributed by atoms with E-state index >= 15 is 0 Å². The number of rotatable bonds is 4. The molecular weight excluding hydrogens is 414 g/mol. The summed E-state index contributed by atoms with van der Waals surface area (Å²) in [4.78, 5) is 16.2. The zero-order chi connectivity index (χ0) is 18.8. The molecule has 0 N–H and O–H groups in total. The maximum atomic E-state index is 12.9. The minimum Gasteiger partial charge on any atom is -0.444 e. The number of hydrogen-bond donors (Lipinski definition) is 0. The molecule has 2 aromatic heterocycles. The number of ether oxygens (including phenoxy) is 1. The number of halogens is 1. The molecule has 0 bridgehead atoms. The normalized spacial score (nSPS) is 22.7. The van der Waals surface area contributed by atoms with Gasteiger partial charge in [-0.1, -0.05) is 6.08 Å². The van der Waals surface area contributed by atoms with Gasteiger partial charge in [-0.25, -0.2) is 0 Å². The lowest BCUT2D eigenvalue weighted by molar-refractivity contribution is 0.0566. The minimum absolute atomic E-state index is 0.00426. The predicted octanol–water partition coefficient (Wildman–Crippen LogP) is 3.21. The Kier molecular flexibility index (Phi) is 5.22. The standard InChI is InChI=1S/C18H20BrN5O3/c1-26-13-6-4-5-12(11-13)24-21-17(20-22-24)14-7-2-3-10-23(14)18(25)15-8-9-16(19)27-15/h4-5,8-9,11,13-14H,2-3,6-7,10H2,1H3. The van der Waals surface area contributed by atoms with Gasteiger partial charge in [0.1, 0.15) is 0 Å². The number of methoxy groups -OCH3 is 1. The van der Waals surface area contributed by atoms with E-state index in [-0.39, 0.29) is 18.1 Å². The summed E-state index contributed by atoms with van der Waals surface area (Å²) >= 11 is 3.24. The topological polar surface area (TPSA) is 86.3 Å². The van der Waals surface area contributed by atoms with Crippen LogP contribution in [0.25, 0.3) is 5.70 Å². The first-order chi connectivity index (χ1) is 13.2. The SMILES string of the molecule is COC1C=C(n2nnc(C3CCCCN3C(=O)c3ccc(Br)o3)n2)C=CC1. The van der Waals surface area contributed by atoms with Gasteiger partial charge in [0.2, 0.25) is 0 Å². The van der Waals surface area contributed by atoms with Crippen LogP contribution in [0.15, 0.2) is 39.4 Å². The van der Waals surface area contributed by atoms with E-state index in [1.807, 2.05) is 18.2 Å². The van der Waals surface area contributed by atoms with Gasteiger partial charge in [0.15, 0.2) is 16.3 Å². The first kappa shape index (κ1) is 18.1. The number of carbonyl (C=O) groups excluding carboxylic acids is 1. The second-order valence-electron chi connectivity index (χ2n) is 6.55. The molecule has 9 heteroatoms. The average molecular weight is 434 g/mol. The summed E-state index contributed by atoms with van der Waals surface area (Å²) in [7, 11) is 1.68. The lowest BCUT2D eigenvalue weighted by atomic mass is 10.0. The van der Waals surface area contributed by atoms with Crippen molar-refractivity contribution in [2.45, 2.75) is 37.8 Å². The van der Waals surface area contributed by atoms with E-state index in [0.29, 0.717) is 22.8 Å². The summed E-state index contributed by atoms with van der Waals surface area (Å²) in [6, 6.07) is 3.18. The zero-order valence-corrected chi connectivity index (χ0v) is 16.5. The highest BCUT2D eigenvalue weighted by atomic mass is 79.9. The molecule has 2 unspecified atom stereocenters. The highest BCUT2D eigenvalue weighted by molar-refractivity contribution is 9.10. The molecule has 1 aliphatic heterocycles. The van der Waals surface area contributed by atoms with Crippen LogP contribution in [0, 0.1) is 0 Å². The first-order valence-electron chi connectivity index (χ1n) is 8.93. The maximum absolute atomic E-state index is 12.9. The highest BCUT2D eigenvalue weighted by Gasteiger charge is 2.33. The zero-order valence-electron chi connectivity index (χ0n) is 14.9. The van der Waals surface area contributed by atoms with E-state index in [1.54, 1.807) is 24.1 Å². The van der Waals surface area contributed by atoms with Crippen molar-refractivity contribution in [1.82, 2.24) is 25.1 Å². The molecular formula is C18H20BrN5O3. The highest BCUT2D eigenvalue weighted by Crippen LogP contribution is 2.31. The van der Waals surface area contributed by atoms with Crippen molar-refractivity contribution in [3.63, 3.8) is 0 Å². The van der Waals surface area contributed by atoms with Crippen molar-refractivity contribution in [3.8, 4) is 0 Å². The van der Waals surface area contributed by atoms with Crippen LogP contribution in [0.3, 0.4) is 0 Å². The molecule has 1 saturated heterocycles. The number of allylic oxidation sites excluding steroid dienone is 2. The van der Waals surface area contributed by atoms with Gasteiger partial charge in [-0.15, -0.1) is 15.0 Å². The summed E-state index contributed by atoms with van der Waals surface area (Å²) in [5.41, 5.74) is 0.815. The lowest BCUT2D eigenvalue weighted by Gasteiger charge is -2.33. The Hall–Kier alpha value is -2.26. The van der Waals surface area contributed by atoms with E-state index in [0.717, 1.165) is 31.4 Å². The Morgan fingerprint density at radius 1 is 1.37 bits per heavy atom. The van der Waals surface area contributed by atoms with Gasteiger partial charge >= 0.3 is 0 Å². The number of aromatic nitrogens is 4. The van der Waals surface area contributed by atoms with Crippen LogP contribution >= 0.6 is 15.9 Å². The molecule has 4 rings (SSSR count). The Bertz CT molecular complexity index is 887. The van der Waals surface area contributed by atoms with Crippen molar-refractivity contribution >= 4 is 27.5 Å². The van der Waals surface area contributed by atoms with Crippen molar-refractivity contribution in [3.05, 3.63) is 46.6 Å². The Balaban J connectivity index is 1.58. The van der Waals surface area contributed by atoms with E-state index < -0.39 is 0 Å². The second kappa shape index (κ2) is 7.77. The molecule has 1 amide bonds. The molecule has 0 aromatic carbocycles. The second-order valence-corrected chi connectivity index (χ2v) is 7.34. The fraction of sp³-hybridized carbons (Fsp3) is 0.444. The van der Waals surface area contributed by atoms with E-state index in [1.165, 1.54) is 4.80 Å². The number of tetrazole rings is 1. The molecule has 2 aromatic rings. The smallest absolute Gasteiger partial charge is 0.290 e. The average Bonchev–Trinajstić information content (AvgIpc) is 3.37. The predicted molar refractivity (Wildman–Crippen MR) is 101 cm³/mol. The van der Waals surface area contributed by atoms with Crippen molar-refractivity contribution in [1.29, 1.82) is 0 Å². The van der Waals surface area contributed by atoms with Gasteiger partial charge in [0.25, 0.3) is 5.91 Å². The lowest BCUT2D eigenvalue weighted by Crippen LogP contribution is -2.39. The first-order valence-corrected chi connectivity index (χ1v) is 9.73. The van der Waals surface area contributed by atoms with Gasteiger partial charge < -0.3 is 14.1 Å². The summed E-state index contributed by atoms with van der Waals surface area (Å²) in [5.74, 6) is 0.697. The van der Waals surface area contributed by atoms with E-state index in [2.05, 4.69) is 31.3 Å². The number of nitrogens with zero attached hydrogens (tertiary/aromatic N) is 5. The Morgan fingerprint density at radius 2 is 2.26 bits per heavy atom. The number of furan rings is 1. The molecule has 0 spiro atoms. The molecule has 2 aliphatic rings. The third-order valence-electron chi connectivity index (χ3n) is 4.82. The van der Waals surface area contributed by atoms with Gasteiger partial charge in [-0.2, -0.15) is 0 Å². The number of amides is 1. The molecule has 27 heavy (non-hydrogen) atoms. The number of likely N-dealkylation sites (tertiary alicyclic amines) is 1. The molecule has 8 nitrogen and oxygen atoms in total. The van der Waals surface area contributed by atoms with Crippen molar-refractivity contribution in [2.75, 3.05) is 13.7 Å². The number of hydrogen-bond acceptors (Lipinski definition) is 6. The van der Waals surface area contributed by atoms with Gasteiger partial charge in [0, 0.05) is 13.7 Å². The molecule has 142 valence electrons. The van der Waals surface area contributed by atoms with Crippen LogP contribution < -0.4 is 0 Å². The number of piperidine rings is 1. The Morgan fingerprint density at radius 3 is 3.04 bits per heavy atom. The van der Waals surface area contributed by atoms with Crippen LogP contribution in [0.5, 0.6) is 0 Å². The molecule has 2 atom stereocenters. The van der Waals surface area contributed by atoms with Gasteiger partial charge in [0.05, 0.1) is 17.8 Å². The number of carbonyl (C=O) groups is 1. The Labute approximate surface area is 165 Å². The summed E-state index contributed by atoms with van der Waals surface area (Å²) < 4.78 is 11.4. The van der Waals surface area contributed by atoms with E-state index in [4.69, 9.17) is 9.15 Å². The quantitative estimate of drug-likeness (QED) is 0.735. The van der Waals surface area contributed by atoms with Gasteiger partial charge in [-0.05, 0) is 71.1 Å². The molecule has 0 saturated carbocycles. The fourth-order valence-corrected chi connectivity index (χ4v) is 3.72. The minimum atomic E-state index is -0.213. The molecule has 1 fully saturated rings. The van der Waals surface area contributed by atoms with Gasteiger partial charge in [-0.3, -0.25) is 4.79 Å². The fourth-order valence-electron chi connectivity index (χ4n) is 3.42. The third-order valence-corrected chi connectivity index (χ3v) is 5.25. The summed E-state index contributed by atoms with van der Waals surface area (Å²) in [6.07, 6.45) is 9.53. The molecule has 3 heterocycles. The van der Waals surface area contributed by atoms with Crippen LogP contribution in [0.1, 0.15) is 48.1 Å². The van der Waals surface area contributed by atoms with Crippen molar-refractivity contribution < 1.29 is 13.9 Å². The monoisotopic (exact) mass is 433 g/mol. The van der Waals surface area contributed by atoms with Crippen LogP contribution in [0.4, 0.5) is 0 Å². The van der Waals surface area contributed by atoms with E-state index in [9.17, 15) is 4.79 Å². The summed E-state index contributed by atoms with van der Waals surface area (Å²) in [5, 5.41) is 13.0. The maximum Gasteiger partial charge on any atom is 0.290 e. The molecule has 0 radical (unpaired) electrons.